The highest BCUT2D eigenvalue weighted by molar-refractivity contribution is 9.10. The van der Waals surface area contributed by atoms with Crippen LogP contribution in [0.1, 0.15) is 37.7 Å². The molecular weight excluding hydrogens is 596 g/mol. The second-order valence-corrected chi connectivity index (χ2v) is 13.2. The summed E-state index contributed by atoms with van der Waals surface area (Å²) in [4.78, 5) is 22.5. The topological polar surface area (TPSA) is 114 Å². The number of benzene rings is 1. The molecule has 1 aromatic carbocycles. The number of unbranched alkanes of at least 4 members (excludes halogenated alkanes) is 2. The number of aliphatic hydroxyl groups excluding tert-OH is 1. The summed E-state index contributed by atoms with van der Waals surface area (Å²) in [6.07, 6.45) is 11.0. The first-order valence-electron chi connectivity index (χ1n) is 13.4. The minimum absolute atomic E-state index is 0.0154. The van der Waals surface area contributed by atoms with Crippen LogP contribution < -0.4 is 9.80 Å². The summed E-state index contributed by atoms with van der Waals surface area (Å²) in [5.74, 6) is 0.0154. The molecule has 3 aromatic heterocycles. The summed E-state index contributed by atoms with van der Waals surface area (Å²) in [5, 5.41) is 14.2. The van der Waals surface area contributed by atoms with Crippen molar-refractivity contribution in [3.05, 3.63) is 65.2 Å². The Morgan fingerprint density at radius 3 is 2.52 bits per heavy atom. The lowest BCUT2D eigenvalue weighted by molar-refractivity contribution is -0.123. The molecule has 6 rings (SSSR count). The zero-order chi connectivity index (χ0) is 28.1. The second-order valence-electron chi connectivity index (χ2n) is 10.5. The number of aromatic nitrogens is 4. The van der Waals surface area contributed by atoms with E-state index >= 15 is 0 Å². The quantitative estimate of drug-likeness (QED) is 0.295. The predicted octanol–water partition coefficient (Wildman–Crippen LogP) is 3.91. The molecule has 0 atom stereocenters. The highest BCUT2D eigenvalue weighted by Crippen LogP contribution is 2.52. The van der Waals surface area contributed by atoms with Crippen LogP contribution in [0.4, 0.5) is 11.4 Å². The molecule has 1 fully saturated rings. The Hall–Kier alpha value is -3.22. The van der Waals surface area contributed by atoms with Gasteiger partial charge >= 0.3 is 0 Å². The van der Waals surface area contributed by atoms with Crippen LogP contribution in [0, 0.1) is 0 Å². The third kappa shape index (κ3) is 4.24. The second kappa shape index (κ2) is 10.3. The number of anilines is 2. The normalized spacial score (nSPS) is 16.8. The van der Waals surface area contributed by atoms with E-state index in [9.17, 15) is 13.2 Å². The zero-order valence-electron chi connectivity index (χ0n) is 22.2. The molecule has 2 aliphatic heterocycles. The number of fused-ring (bicyclic) bond motifs is 4. The van der Waals surface area contributed by atoms with Crippen molar-refractivity contribution in [1.82, 2.24) is 18.7 Å². The summed E-state index contributed by atoms with van der Waals surface area (Å²) in [6.45, 7) is 2.35. The first-order chi connectivity index (χ1) is 19.3. The molecule has 12 heteroatoms. The van der Waals surface area contributed by atoms with Crippen LogP contribution in [0.2, 0.25) is 0 Å². The lowest BCUT2D eigenvalue weighted by atomic mass is 9.73. The standard InChI is InChI=1S/C28H31BrN6O4S/c1-32-23-17-30-26-24(22(29)19-35(26)40(38,39)21-8-4-2-5-9-21)25(23)28(27(32)37)10-13-33(14-11-28)20-16-31-34(18-20)12-6-3-7-15-36/h2,4-5,8-9,16-19,36H,3,6-7,10-15H2,1H3. The number of hydrogen-bond donors (Lipinski definition) is 1. The predicted molar refractivity (Wildman–Crippen MR) is 156 cm³/mol. The number of hydrogen-bond acceptors (Lipinski definition) is 7. The number of aryl methyl sites for hydroxylation is 1. The van der Waals surface area contributed by atoms with Crippen molar-refractivity contribution in [3.63, 3.8) is 0 Å². The lowest BCUT2D eigenvalue weighted by Gasteiger charge is -2.39. The van der Waals surface area contributed by atoms with Crippen molar-refractivity contribution in [2.24, 2.45) is 0 Å². The Bertz CT molecular complexity index is 1680. The lowest BCUT2D eigenvalue weighted by Crippen LogP contribution is -2.48. The Morgan fingerprint density at radius 1 is 1.05 bits per heavy atom. The first-order valence-corrected chi connectivity index (χ1v) is 15.7. The summed E-state index contributed by atoms with van der Waals surface area (Å²) >= 11 is 3.62. The maximum absolute atomic E-state index is 13.8. The van der Waals surface area contributed by atoms with Crippen molar-refractivity contribution < 1.29 is 18.3 Å². The Labute approximate surface area is 241 Å². The van der Waals surface area contributed by atoms with E-state index < -0.39 is 15.4 Å². The largest absolute Gasteiger partial charge is 0.396 e. The fraction of sp³-hybridized carbons (Fsp3) is 0.393. The van der Waals surface area contributed by atoms with E-state index in [4.69, 9.17) is 5.11 Å². The third-order valence-electron chi connectivity index (χ3n) is 8.22. The van der Waals surface area contributed by atoms with Crippen molar-refractivity contribution in [3.8, 4) is 0 Å². The Balaban J connectivity index is 1.33. The average molecular weight is 628 g/mol. The van der Waals surface area contributed by atoms with Crippen LogP contribution in [0.25, 0.3) is 11.0 Å². The van der Waals surface area contributed by atoms with Gasteiger partial charge in [0.25, 0.3) is 10.0 Å². The van der Waals surface area contributed by atoms with E-state index in [1.807, 2.05) is 17.1 Å². The van der Waals surface area contributed by atoms with Gasteiger partial charge in [-0.05, 0) is 60.2 Å². The highest BCUT2D eigenvalue weighted by atomic mass is 79.9. The maximum Gasteiger partial charge on any atom is 0.269 e. The fourth-order valence-corrected chi connectivity index (χ4v) is 8.14. The molecule has 1 spiro atoms. The average Bonchev–Trinajstić information content (AvgIpc) is 3.64. The van der Waals surface area contributed by atoms with Gasteiger partial charge in [-0.15, -0.1) is 0 Å². The summed E-state index contributed by atoms with van der Waals surface area (Å²) in [5.41, 5.74) is 2.13. The zero-order valence-corrected chi connectivity index (χ0v) is 24.6. The number of amides is 1. The van der Waals surface area contributed by atoms with Crippen LogP contribution in [0.15, 0.2) is 64.5 Å². The molecule has 1 saturated heterocycles. The molecule has 2 aliphatic rings. The molecule has 0 aliphatic carbocycles. The molecule has 40 heavy (non-hydrogen) atoms. The number of likely N-dealkylation sites (N-methyl/N-ethyl adjacent to an activating group) is 1. The number of carbonyl (C=O) groups is 1. The van der Waals surface area contributed by atoms with Crippen molar-refractivity contribution in [2.45, 2.75) is 49.0 Å². The molecule has 1 N–H and O–H groups in total. The van der Waals surface area contributed by atoms with E-state index in [2.05, 4.69) is 30.9 Å². The first kappa shape index (κ1) is 27.0. The third-order valence-corrected chi connectivity index (χ3v) is 10.5. The number of aliphatic hydroxyl groups is 1. The molecule has 4 aromatic rings. The maximum atomic E-state index is 13.8. The van der Waals surface area contributed by atoms with Crippen molar-refractivity contribution >= 4 is 54.3 Å². The molecule has 1 amide bonds. The fourth-order valence-electron chi connectivity index (χ4n) is 6.09. The van der Waals surface area contributed by atoms with Gasteiger partial charge in [0, 0.05) is 61.1 Å². The van der Waals surface area contributed by atoms with Gasteiger partial charge in [0.15, 0.2) is 5.65 Å². The molecule has 0 bridgehead atoms. The molecular formula is C28H31BrN6O4S. The number of halogens is 1. The van der Waals surface area contributed by atoms with E-state index in [0.717, 1.165) is 42.7 Å². The van der Waals surface area contributed by atoms with Crippen molar-refractivity contribution in [1.29, 1.82) is 0 Å². The number of nitrogens with zero attached hydrogens (tertiary/aromatic N) is 6. The molecule has 10 nitrogen and oxygen atoms in total. The molecule has 210 valence electrons. The van der Waals surface area contributed by atoms with Crippen LogP contribution in [-0.4, -0.2) is 64.9 Å². The van der Waals surface area contributed by atoms with Gasteiger partial charge in [-0.2, -0.15) is 5.10 Å². The molecule has 5 heterocycles. The van der Waals surface area contributed by atoms with E-state index in [0.29, 0.717) is 41.4 Å². The number of rotatable bonds is 8. The van der Waals surface area contributed by atoms with E-state index in [-0.39, 0.29) is 17.4 Å². The number of piperidine rings is 1. The van der Waals surface area contributed by atoms with Gasteiger partial charge in [-0.1, -0.05) is 18.2 Å². The summed E-state index contributed by atoms with van der Waals surface area (Å²) in [7, 11) is -2.12. The van der Waals surface area contributed by atoms with Gasteiger partial charge in [-0.3, -0.25) is 9.48 Å². The highest BCUT2D eigenvalue weighted by Gasteiger charge is 2.53. The van der Waals surface area contributed by atoms with Gasteiger partial charge in [0.2, 0.25) is 5.91 Å². The smallest absolute Gasteiger partial charge is 0.269 e. The van der Waals surface area contributed by atoms with Gasteiger partial charge in [0.1, 0.15) is 0 Å². The summed E-state index contributed by atoms with van der Waals surface area (Å²) < 4.78 is 30.9. The van der Waals surface area contributed by atoms with E-state index in [1.54, 1.807) is 54.7 Å². The van der Waals surface area contributed by atoms with Crippen LogP contribution >= 0.6 is 15.9 Å². The minimum Gasteiger partial charge on any atom is -0.396 e. The Kier molecular flexibility index (Phi) is 6.96. The Morgan fingerprint density at radius 2 is 1.80 bits per heavy atom. The van der Waals surface area contributed by atoms with Gasteiger partial charge in [0.05, 0.1) is 34.1 Å². The monoisotopic (exact) mass is 626 g/mol. The molecule has 0 radical (unpaired) electrons. The van der Waals surface area contributed by atoms with E-state index in [1.165, 1.54) is 3.97 Å². The molecule has 0 unspecified atom stereocenters. The minimum atomic E-state index is -3.89. The number of carbonyl (C=O) groups excluding carboxylic acids is 1. The van der Waals surface area contributed by atoms with Crippen LogP contribution in [0.3, 0.4) is 0 Å². The van der Waals surface area contributed by atoms with Crippen LogP contribution in [-0.2, 0) is 26.8 Å². The van der Waals surface area contributed by atoms with Gasteiger partial charge in [-0.25, -0.2) is 17.4 Å². The van der Waals surface area contributed by atoms with Crippen molar-refractivity contribution in [2.75, 3.05) is 36.5 Å². The summed E-state index contributed by atoms with van der Waals surface area (Å²) in [6, 6.07) is 8.28. The number of pyridine rings is 1. The van der Waals surface area contributed by atoms with Gasteiger partial charge < -0.3 is 14.9 Å². The SMILES string of the molecule is CN1C(=O)C2(CCN(c3cnn(CCCCCO)c3)CC2)c2c1cnc1c2c(Br)cn1S(=O)(=O)c1ccccc1. The van der Waals surface area contributed by atoms with Crippen LogP contribution in [0.5, 0.6) is 0 Å². The molecule has 0 saturated carbocycles.